The summed E-state index contributed by atoms with van der Waals surface area (Å²) in [6, 6.07) is 5.73. The van der Waals surface area contributed by atoms with Crippen LogP contribution in [-0.2, 0) is 16.0 Å². The number of nitrogens with one attached hydrogen (secondary N) is 2. The first kappa shape index (κ1) is 18.5. The molecule has 3 aliphatic rings. The summed E-state index contributed by atoms with van der Waals surface area (Å²) in [7, 11) is 0. The predicted octanol–water partition coefficient (Wildman–Crippen LogP) is 2.04. The largest absolute Gasteiger partial charge is 0.378 e. The van der Waals surface area contributed by atoms with Crippen LogP contribution >= 0.6 is 0 Å². The Labute approximate surface area is 160 Å². The molecule has 3 saturated heterocycles. The number of aliphatic imine (C=N–C) groups is 1. The zero-order valence-electron chi connectivity index (χ0n) is 15.9. The number of guanidine groups is 1. The van der Waals surface area contributed by atoms with Gasteiger partial charge in [-0.1, -0.05) is 6.07 Å². The van der Waals surface area contributed by atoms with Crippen LogP contribution in [-0.4, -0.2) is 57.1 Å². The van der Waals surface area contributed by atoms with Crippen molar-refractivity contribution in [2.45, 2.75) is 51.0 Å². The predicted molar refractivity (Wildman–Crippen MR) is 104 cm³/mol. The Morgan fingerprint density at radius 1 is 1.30 bits per heavy atom. The highest BCUT2D eigenvalue weighted by Crippen LogP contribution is 2.34. The molecule has 1 aromatic rings. The lowest BCUT2D eigenvalue weighted by atomic mass is 9.96. The van der Waals surface area contributed by atoms with Crippen molar-refractivity contribution in [1.82, 2.24) is 10.6 Å². The van der Waals surface area contributed by atoms with Crippen LogP contribution in [0.15, 0.2) is 23.2 Å². The Morgan fingerprint density at radius 3 is 2.81 bits per heavy atom. The summed E-state index contributed by atoms with van der Waals surface area (Å²) in [4.78, 5) is 6.69. The number of rotatable bonds is 5. The summed E-state index contributed by atoms with van der Waals surface area (Å²) in [5.74, 6) is 0.584. The summed E-state index contributed by atoms with van der Waals surface area (Å²) >= 11 is 0. The van der Waals surface area contributed by atoms with Crippen molar-refractivity contribution in [2.75, 3.05) is 37.7 Å². The van der Waals surface area contributed by atoms with Gasteiger partial charge in [-0.25, -0.2) is 9.38 Å². The van der Waals surface area contributed by atoms with E-state index in [1.165, 1.54) is 6.42 Å². The third-order valence-corrected chi connectivity index (χ3v) is 5.56. The number of anilines is 1. The molecule has 0 radical (unpaired) electrons. The van der Waals surface area contributed by atoms with Gasteiger partial charge in [0.1, 0.15) is 5.82 Å². The highest BCUT2D eigenvalue weighted by Gasteiger charge is 2.41. The Hall–Kier alpha value is -1.86. The van der Waals surface area contributed by atoms with Crippen molar-refractivity contribution >= 4 is 11.6 Å². The second kappa shape index (κ2) is 8.44. The first-order chi connectivity index (χ1) is 13.2. The average molecular weight is 376 g/mol. The Balaban J connectivity index is 1.39. The fourth-order valence-corrected chi connectivity index (χ4v) is 4.17. The molecule has 0 spiro atoms. The fourth-order valence-electron chi connectivity index (χ4n) is 4.17. The molecule has 0 saturated carbocycles. The molecule has 3 unspecified atom stereocenters. The van der Waals surface area contributed by atoms with Crippen molar-refractivity contribution in [3.63, 3.8) is 0 Å². The number of benzene rings is 1. The Morgan fingerprint density at radius 2 is 2.15 bits per heavy atom. The maximum absolute atomic E-state index is 14.6. The molecule has 2 N–H and O–H groups in total. The van der Waals surface area contributed by atoms with Crippen molar-refractivity contribution in [1.29, 1.82) is 0 Å². The van der Waals surface area contributed by atoms with Crippen LogP contribution in [0.4, 0.5) is 10.1 Å². The monoisotopic (exact) mass is 376 g/mol. The van der Waals surface area contributed by atoms with E-state index >= 15 is 0 Å². The van der Waals surface area contributed by atoms with Gasteiger partial charge in [0.15, 0.2) is 5.96 Å². The van der Waals surface area contributed by atoms with Crippen LogP contribution < -0.4 is 15.5 Å². The van der Waals surface area contributed by atoms with E-state index in [2.05, 4.69) is 15.6 Å². The summed E-state index contributed by atoms with van der Waals surface area (Å²) in [5, 5.41) is 6.78. The second-order valence-corrected chi connectivity index (χ2v) is 7.44. The number of halogens is 1. The lowest BCUT2D eigenvalue weighted by molar-refractivity contribution is 0.0992. The van der Waals surface area contributed by atoms with Crippen LogP contribution in [0, 0.1) is 5.82 Å². The molecular formula is C20H29FN4O2. The molecule has 4 rings (SSSR count). The Bertz CT molecular complexity index is 678. The van der Waals surface area contributed by atoms with E-state index < -0.39 is 0 Å². The van der Waals surface area contributed by atoms with Gasteiger partial charge < -0.3 is 25.0 Å². The summed E-state index contributed by atoms with van der Waals surface area (Å²) in [6.45, 7) is 6.04. The number of morpholine rings is 1. The molecule has 6 nitrogen and oxygen atoms in total. The van der Waals surface area contributed by atoms with Crippen molar-refractivity contribution < 1.29 is 13.9 Å². The molecule has 7 heteroatoms. The maximum Gasteiger partial charge on any atom is 0.191 e. The molecule has 148 valence electrons. The lowest BCUT2D eigenvalue weighted by Gasteiger charge is -2.29. The van der Waals surface area contributed by atoms with E-state index in [0.29, 0.717) is 43.7 Å². The van der Waals surface area contributed by atoms with Gasteiger partial charge in [0.05, 0.1) is 43.7 Å². The van der Waals surface area contributed by atoms with E-state index in [4.69, 9.17) is 9.47 Å². The maximum atomic E-state index is 14.6. The topological polar surface area (TPSA) is 58.1 Å². The van der Waals surface area contributed by atoms with Gasteiger partial charge >= 0.3 is 0 Å². The molecule has 2 bridgehead atoms. The molecule has 0 aromatic heterocycles. The van der Waals surface area contributed by atoms with E-state index in [0.717, 1.165) is 44.0 Å². The SMILES string of the molecule is CCNC(=NCc1ccc(N2CCOCC2)c(F)c1)NC1CC2CCC1O2. The molecule has 3 aliphatic heterocycles. The summed E-state index contributed by atoms with van der Waals surface area (Å²) in [6.07, 6.45) is 4.03. The molecular weight excluding hydrogens is 347 g/mol. The standard InChI is InChI=1S/C20H29FN4O2/c1-2-22-20(24-17-12-15-4-6-19(17)27-15)23-13-14-3-5-18(16(21)11-14)25-7-9-26-10-8-25/h3,5,11,15,17,19H,2,4,6-10,12-13H2,1H3,(H2,22,23,24). The third-order valence-electron chi connectivity index (χ3n) is 5.56. The molecule has 3 fully saturated rings. The third kappa shape index (κ3) is 4.35. The van der Waals surface area contributed by atoms with Crippen LogP contribution in [0.1, 0.15) is 31.7 Å². The zero-order chi connectivity index (χ0) is 18.6. The number of nitrogens with zero attached hydrogens (tertiary/aromatic N) is 2. The molecule has 3 atom stereocenters. The quantitative estimate of drug-likeness (QED) is 0.608. The van der Waals surface area contributed by atoms with Gasteiger partial charge in [0, 0.05) is 19.6 Å². The van der Waals surface area contributed by atoms with Crippen LogP contribution in [0.2, 0.25) is 0 Å². The minimum Gasteiger partial charge on any atom is -0.378 e. The first-order valence-corrected chi connectivity index (χ1v) is 10.0. The second-order valence-electron chi connectivity index (χ2n) is 7.44. The summed E-state index contributed by atoms with van der Waals surface area (Å²) < 4.78 is 25.8. The number of fused-ring (bicyclic) bond motifs is 2. The van der Waals surface area contributed by atoms with E-state index in [9.17, 15) is 4.39 Å². The first-order valence-electron chi connectivity index (χ1n) is 10.0. The van der Waals surface area contributed by atoms with E-state index in [1.807, 2.05) is 24.0 Å². The number of hydrogen-bond acceptors (Lipinski definition) is 4. The number of ether oxygens (including phenoxy) is 2. The van der Waals surface area contributed by atoms with Crippen molar-refractivity contribution in [3.8, 4) is 0 Å². The number of hydrogen-bond donors (Lipinski definition) is 2. The fraction of sp³-hybridized carbons (Fsp3) is 0.650. The molecule has 1 aromatic carbocycles. The van der Waals surface area contributed by atoms with E-state index in [1.54, 1.807) is 6.07 Å². The average Bonchev–Trinajstić information content (AvgIpc) is 3.30. The lowest BCUT2D eigenvalue weighted by Crippen LogP contribution is -2.47. The summed E-state index contributed by atoms with van der Waals surface area (Å²) in [5.41, 5.74) is 1.51. The van der Waals surface area contributed by atoms with Gasteiger partial charge in [-0.15, -0.1) is 0 Å². The molecule has 0 amide bonds. The minimum atomic E-state index is -0.191. The highest BCUT2D eigenvalue weighted by atomic mass is 19.1. The molecule has 0 aliphatic carbocycles. The smallest absolute Gasteiger partial charge is 0.191 e. The molecule has 27 heavy (non-hydrogen) atoms. The van der Waals surface area contributed by atoms with Gasteiger partial charge in [0.25, 0.3) is 0 Å². The highest BCUT2D eigenvalue weighted by molar-refractivity contribution is 5.80. The van der Waals surface area contributed by atoms with Crippen LogP contribution in [0.3, 0.4) is 0 Å². The van der Waals surface area contributed by atoms with Crippen molar-refractivity contribution in [3.05, 3.63) is 29.6 Å². The van der Waals surface area contributed by atoms with Crippen molar-refractivity contribution in [2.24, 2.45) is 4.99 Å². The van der Waals surface area contributed by atoms with Gasteiger partial charge in [-0.3, -0.25) is 0 Å². The Kier molecular flexibility index (Phi) is 5.78. The van der Waals surface area contributed by atoms with Gasteiger partial charge in [-0.2, -0.15) is 0 Å². The zero-order valence-corrected chi connectivity index (χ0v) is 15.9. The normalized spacial score (nSPS) is 27.9. The van der Waals surface area contributed by atoms with E-state index in [-0.39, 0.29) is 5.82 Å². The van der Waals surface area contributed by atoms with Gasteiger partial charge in [-0.05, 0) is 43.9 Å². The molecule has 3 heterocycles. The van der Waals surface area contributed by atoms with Crippen LogP contribution in [0.25, 0.3) is 0 Å². The van der Waals surface area contributed by atoms with Crippen LogP contribution in [0.5, 0.6) is 0 Å². The minimum absolute atomic E-state index is 0.191. The van der Waals surface area contributed by atoms with Gasteiger partial charge in [0.2, 0.25) is 0 Å².